The Kier molecular flexibility index (Phi) is 6.75. The summed E-state index contributed by atoms with van der Waals surface area (Å²) in [7, 11) is 1.52. The van der Waals surface area contributed by atoms with Gasteiger partial charge in [0, 0.05) is 24.5 Å². The van der Waals surface area contributed by atoms with Crippen molar-refractivity contribution in [3.8, 4) is 5.75 Å². The maximum Gasteiger partial charge on any atom is 0.255 e. The van der Waals surface area contributed by atoms with Crippen LogP contribution in [0.4, 0.5) is 11.4 Å². The molecule has 6 nitrogen and oxygen atoms in total. The zero-order chi connectivity index (χ0) is 20.8. The van der Waals surface area contributed by atoms with Crippen LogP contribution in [0.15, 0.2) is 48.5 Å². The molecule has 0 aromatic heterocycles. The largest absolute Gasteiger partial charge is 0.496 e. The summed E-state index contributed by atoms with van der Waals surface area (Å²) in [5.41, 5.74) is 2.30. The fourth-order valence-electron chi connectivity index (χ4n) is 3.54. The first kappa shape index (κ1) is 20.7. The summed E-state index contributed by atoms with van der Waals surface area (Å²) in [6, 6.07) is 14.2. The summed E-state index contributed by atoms with van der Waals surface area (Å²) in [6.45, 7) is 5.97. The average Bonchev–Trinajstić information content (AvgIpc) is 3.27. The number of carbonyl (C=O) groups is 2. The number of para-hydroxylation sites is 1. The maximum atomic E-state index is 12.8. The number of hydrogen-bond acceptors (Lipinski definition) is 4. The summed E-state index contributed by atoms with van der Waals surface area (Å²) >= 11 is 0. The zero-order valence-corrected chi connectivity index (χ0v) is 17.3. The second-order valence-electron chi connectivity index (χ2n) is 7.63. The van der Waals surface area contributed by atoms with Crippen LogP contribution in [0.2, 0.25) is 0 Å². The van der Waals surface area contributed by atoms with Crippen LogP contribution >= 0.6 is 0 Å². The molecule has 1 aliphatic heterocycles. The van der Waals surface area contributed by atoms with E-state index in [1.54, 1.807) is 24.3 Å². The van der Waals surface area contributed by atoms with E-state index in [1.165, 1.54) is 25.6 Å². The number of nitrogens with zero attached hydrogens (tertiary/aromatic N) is 1. The van der Waals surface area contributed by atoms with Crippen molar-refractivity contribution in [1.29, 1.82) is 0 Å². The summed E-state index contributed by atoms with van der Waals surface area (Å²) in [5, 5.41) is 5.77. The lowest BCUT2D eigenvalue weighted by Gasteiger charge is -2.23. The molecular weight excluding hydrogens is 366 g/mol. The minimum Gasteiger partial charge on any atom is -0.496 e. The minimum atomic E-state index is -0.661. The van der Waals surface area contributed by atoms with Gasteiger partial charge in [-0.05, 0) is 55.2 Å². The van der Waals surface area contributed by atoms with Crippen molar-refractivity contribution in [3.63, 3.8) is 0 Å². The molecule has 154 valence electrons. The Bertz CT molecular complexity index is 843. The third kappa shape index (κ3) is 5.08. The molecule has 1 heterocycles. The Morgan fingerprint density at radius 3 is 2.28 bits per heavy atom. The van der Waals surface area contributed by atoms with Crippen LogP contribution in [0, 0.1) is 5.92 Å². The van der Waals surface area contributed by atoms with Crippen molar-refractivity contribution >= 4 is 23.2 Å². The van der Waals surface area contributed by atoms with Gasteiger partial charge in [-0.25, -0.2) is 0 Å². The Morgan fingerprint density at radius 1 is 1.00 bits per heavy atom. The molecule has 1 atom stereocenters. The molecular formula is C23H29N3O3. The molecule has 1 fully saturated rings. The lowest BCUT2D eigenvalue weighted by molar-refractivity contribution is -0.118. The van der Waals surface area contributed by atoms with E-state index < -0.39 is 6.04 Å². The van der Waals surface area contributed by atoms with Crippen molar-refractivity contribution in [2.24, 2.45) is 5.92 Å². The van der Waals surface area contributed by atoms with E-state index in [-0.39, 0.29) is 17.7 Å². The molecule has 3 rings (SSSR count). The van der Waals surface area contributed by atoms with Gasteiger partial charge in [0.1, 0.15) is 11.8 Å². The average molecular weight is 396 g/mol. The predicted molar refractivity (Wildman–Crippen MR) is 116 cm³/mol. The summed E-state index contributed by atoms with van der Waals surface area (Å²) in [5.74, 6) is -0.166. The zero-order valence-electron chi connectivity index (χ0n) is 17.3. The number of nitrogens with one attached hydrogen (secondary N) is 2. The van der Waals surface area contributed by atoms with E-state index in [9.17, 15) is 9.59 Å². The van der Waals surface area contributed by atoms with Gasteiger partial charge < -0.3 is 20.3 Å². The second kappa shape index (κ2) is 9.45. The first-order chi connectivity index (χ1) is 14.0. The number of methoxy groups -OCH3 is 1. The summed E-state index contributed by atoms with van der Waals surface area (Å²) in [6.07, 6.45) is 2.45. The molecule has 0 saturated carbocycles. The van der Waals surface area contributed by atoms with Crippen LogP contribution in [-0.4, -0.2) is 38.1 Å². The molecule has 0 spiro atoms. The van der Waals surface area contributed by atoms with Crippen LogP contribution in [0.3, 0.4) is 0 Å². The van der Waals surface area contributed by atoms with Gasteiger partial charge in [0.05, 0.1) is 12.7 Å². The van der Waals surface area contributed by atoms with E-state index in [0.717, 1.165) is 18.8 Å². The molecule has 1 unspecified atom stereocenters. The molecule has 1 aliphatic rings. The minimum absolute atomic E-state index is 0.0717. The Hall–Kier alpha value is -3.02. The van der Waals surface area contributed by atoms with Crippen molar-refractivity contribution in [3.05, 3.63) is 54.1 Å². The van der Waals surface area contributed by atoms with Gasteiger partial charge in [0.25, 0.3) is 5.91 Å². The van der Waals surface area contributed by atoms with E-state index in [4.69, 9.17) is 4.74 Å². The molecule has 0 radical (unpaired) electrons. The van der Waals surface area contributed by atoms with Gasteiger partial charge in [-0.1, -0.05) is 26.0 Å². The highest BCUT2D eigenvalue weighted by Crippen LogP contribution is 2.22. The normalized spacial score (nSPS) is 14.6. The molecule has 2 amide bonds. The molecule has 0 aliphatic carbocycles. The van der Waals surface area contributed by atoms with Gasteiger partial charge in [-0.2, -0.15) is 0 Å². The monoisotopic (exact) mass is 395 g/mol. The number of anilines is 2. The fraction of sp³-hybridized carbons (Fsp3) is 0.391. The van der Waals surface area contributed by atoms with Crippen LogP contribution in [-0.2, 0) is 4.79 Å². The highest BCUT2D eigenvalue weighted by molar-refractivity contribution is 6.02. The third-order valence-corrected chi connectivity index (χ3v) is 5.19. The molecule has 1 saturated heterocycles. The highest BCUT2D eigenvalue weighted by Gasteiger charge is 2.26. The highest BCUT2D eigenvalue weighted by atomic mass is 16.5. The Labute approximate surface area is 172 Å². The maximum absolute atomic E-state index is 12.8. The molecule has 29 heavy (non-hydrogen) atoms. The lowest BCUT2D eigenvalue weighted by atomic mass is 10.0. The topological polar surface area (TPSA) is 70.7 Å². The quantitative estimate of drug-likeness (QED) is 0.750. The first-order valence-corrected chi connectivity index (χ1v) is 10.1. The van der Waals surface area contributed by atoms with Crippen molar-refractivity contribution in [2.75, 3.05) is 30.4 Å². The number of rotatable bonds is 7. The molecule has 2 N–H and O–H groups in total. The van der Waals surface area contributed by atoms with Gasteiger partial charge in [-0.3, -0.25) is 9.59 Å². The van der Waals surface area contributed by atoms with Gasteiger partial charge in [0.2, 0.25) is 5.91 Å². The lowest BCUT2D eigenvalue weighted by Crippen LogP contribution is -2.47. The number of ether oxygens (including phenoxy) is 1. The Morgan fingerprint density at radius 2 is 1.66 bits per heavy atom. The van der Waals surface area contributed by atoms with Crippen molar-refractivity contribution in [2.45, 2.75) is 32.7 Å². The van der Waals surface area contributed by atoms with E-state index in [1.807, 2.05) is 38.1 Å². The van der Waals surface area contributed by atoms with Gasteiger partial charge in [0.15, 0.2) is 0 Å². The van der Waals surface area contributed by atoms with Crippen LogP contribution in [0.25, 0.3) is 0 Å². The molecule has 6 heteroatoms. The van der Waals surface area contributed by atoms with E-state index >= 15 is 0 Å². The molecule has 0 bridgehead atoms. The smallest absolute Gasteiger partial charge is 0.255 e. The van der Waals surface area contributed by atoms with Crippen molar-refractivity contribution in [1.82, 2.24) is 5.32 Å². The van der Waals surface area contributed by atoms with Crippen LogP contribution in [0.5, 0.6) is 5.75 Å². The van der Waals surface area contributed by atoms with Gasteiger partial charge >= 0.3 is 0 Å². The van der Waals surface area contributed by atoms with Gasteiger partial charge in [-0.15, -0.1) is 0 Å². The van der Waals surface area contributed by atoms with Crippen LogP contribution < -0.4 is 20.3 Å². The fourth-order valence-corrected chi connectivity index (χ4v) is 3.54. The Balaban J connectivity index is 1.67. The second-order valence-corrected chi connectivity index (χ2v) is 7.63. The van der Waals surface area contributed by atoms with Crippen LogP contribution in [0.1, 0.15) is 37.0 Å². The number of carbonyl (C=O) groups excluding carboxylic acids is 2. The summed E-state index contributed by atoms with van der Waals surface area (Å²) in [4.78, 5) is 27.9. The molecule has 2 aromatic carbocycles. The third-order valence-electron chi connectivity index (χ3n) is 5.19. The molecule has 2 aromatic rings. The number of benzene rings is 2. The standard InChI is InChI=1S/C23H29N3O3/c1-16(2)21(25-22(27)19-8-4-5-9-20(19)29-3)23(28)24-17-10-12-18(13-11-17)26-14-6-7-15-26/h4-5,8-13,16,21H,6-7,14-15H2,1-3H3,(H,24,28)(H,25,27). The predicted octanol–water partition coefficient (Wildman–Crippen LogP) is 3.69. The van der Waals surface area contributed by atoms with Crippen molar-refractivity contribution < 1.29 is 14.3 Å². The first-order valence-electron chi connectivity index (χ1n) is 10.1. The number of amides is 2. The van der Waals surface area contributed by atoms with E-state index in [2.05, 4.69) is 15.5 Å². The SMILES string of the molecule is COc1ccccc1C(=O)NC(C(=O)Nc1ccc(N2CCCC2)cc1)C(C)C. The number of hydrogen-bond donors (Lipinski definition) is 2. The van der Waals surface area contributed by atoms with E-state index in [0.29, 0.717) is 11.3 Å². The summed E-state index contributed by atoms with van der Waals surface area (Å²) < 4.78 is 5.25.